The van der Waals surface area contributed by atoms with Gasteiger partial charge in [-0.3, -0.25) is 4.90 Å². The first-order valence-corrected chi connectivity index (χ1v) is 8.29. The van der Waals surface area contributed by atoms with Crippen molar-refractivity contribution in [2.75, 3.05) is 19.6 Å². The van der Waals surface area contributed by atoms with E-state index in [0.717, 1.165) is 23.7 Å². The maximum absolute atomic E-state index is 4.25. The van der Waals surface area contributed by atoms with Crippen LogP contribution in [0.2, 0.25) is 0 Å². The van der Waals surface area contributed by atoms with E-state index in [1.54, 1.807) is 0 Å². The first kappa shape index (κ1) is 24.0. The SMILES string of the molecule is CC.CC.Cc1[c-]cc(C#CCN2CCC[C@H](C)C2)nc1.[Y]. The molecule has 0 amide bonds. The largest absolute Gasteiger partial charge is 0.375 e. The van der Waals surface area contributed by atoms with Crippen LogP contribution in [-0.2, 0) is 32.7 Å². The summed E-state index contributed by atoms with van der Waals surface area (Å²) in [5.41, 5.74) is 1.88. The molecule has 1 aromatic heterocycles. The molecule has 0 N–H and O–H groups in total. The van der Waals surface area contributed by atoms with Gasteiger partial charge in [-0.1, -0.05) is 53.7 Å². The average molecular weight is 376 g/mol. The number of hydrogen-bond acceptors (Lipinski definition) is 2. The molecule has 0 saturated carbocycles. The predicted molar refractivity (Wildman–Crippen MR) is 92.2 cm³/mol. The van der Waals surface area contributed by atoms with Gasteiger partial charge in [-0.25, -0.2) is 0 Å². The zero-order chi connectivity index (χ0) is 16.1. The van der Waals surface area contributed by atoms with Gasteiger partial charge in [-0.15, -0.1) is 17.6 Å². The van der Waals surface area contributed by atoms with Crippen molar-refractivity contribution in [1.29, 1.82) is 0 Å². The molecule has 0 aliphatic carbocycles. The second-order valence-corrected chi connectivity index (χ2v) is 4.90. The Balaban J connectivity index is 0. The molecule has 1 aromatic rings. The number of aromatic nitrogens is 1. The number of pyridine rings is 1. The molecule has 22 heavy (non-hydrogen) atoms. The van der Waals surface area contributed by atoms with Crippen molar-refractivity contribution in [1.82, 2.24) is 9.88 Å². The third-order valence-electron chi connectivity index (χ3n) is 3.09. The zero-order valence-electron chi connectivity index (χ0n) is 15.2. The minimum Gasteiger partial charge on any atom is -0.375 e. The summed E-state index contributed by atoms with van der Waals surface area (Å²) in [6.07, 6.45) is 4.48. The Bertz CT molecular complexity index is 417. The van der Waals surface area contributed by atoms with E-state index in [0.29, 0.717) is 0 Å². The number of piperidine rings is 1. The van der Waals surface area contributed by atoms with E-state index in [-0.39, 0.29) is 32.7 Å². The van der Waals surface area contributed by atoms with E-state index < -0.39 is 0 Å². The minimum atomic E-state index is 0. The van der Waals surface area contributed by atoms with Gasteiger partial charge in [0.25, 0.3) is 0 Å². The van der Waals surface area contributed by atoms with Crippen molar-refractivity contribution >= 4 is 0 Å². The van der Waals surface area contributed by atoms with Gasteiger partial charge in [0, 0.05) is 39.3 Å². The Kier molecular flexibility index (Phi) is 17.1. The quantitative estimate of drug-likeness (QED) is 0.536. The van der Waals surface area contributed by atoms with Gasteiger partial charge < -0.3 is 4.98 Å². The summed E-state index contributed by atoms with van der Waals surface area (Å²) >= 11 is 0. The fraction of sp³-hybridized carbons (Fsp3) is 0.632. The Hall–Kier alpha value is -0.226. The Labute approximate surface area is 163 Å². The Morgan fingerprint density at radius 1 is 1.32 bits per heavy atom. The molecule has 2 nitrogen and oxygen atoms in total. The van der Waals surface area contributed by atoms with Crippen molar-refractivity contribution in [3.63, 3.8) is 0 Å². The average Bonchev–Trinajstić information content (AvgIpc) is 2.53. The van der Waals surface area contributed by atoms with Crippen molar-refractivity contribution in [3.8, 4) is 11.8 Å². The van der Waals surface area contributed by atoms with Gasteiger partial charge in [0.05, 0.1) is 6.54 Å². The minimum absolute atomic E-state index is 0. The van der Waals surface area contributed by atoms with Gasteiger partial charge in [-0.05, 0) is 31.0 Å². The number of hydrogen-bond donors (Lipinski definition) is 0. The fourth-order valence-corrected chi connectivity index (χ4v) is 2.16. The van der Waals surface area contributed by atoms with E-state index >= 15 is 0 Å². The number of nitrogens with zero attached hydrogens (tertiary/aromatic N) is 2. The van der Waals surface area contributed by atoms with E-state index in [1.807, 2.05) is 46.9 Å². The summed E-state index contributed by atoms with van der Waals surface area (Å²) in [5.74, 6) is 7.12. The standard InChI is InChI=1S/C15H19N2.2C2H6.Y/c1-13-7-8-15(16-11-13)6-4-10-17-9-3-5-14(2)12-17;2*1-2;/h8,11,14H,3,5,9-10,12H2,1-2H3;2*1-2H3;/q-1;;;/t14-;;;/m0.../s1. The maximum Gasteiger partial charge on any atom is 0.0594 e. The van der Waals surface area contributed by atoms with Gasteiger partial charge in [0.15, 0.2) is 0 Å². The van der Waals surface area contributed by atoms with Crippen LogP contribution in [0.3, 0.4) is 0 Å². The van der Waals surface area contributed by atoms with Crippen LogP contribution in [0.25, 0.3) is 0 Å². The zero-order valence-corrected chi connectivity index (χ0v) is 18.1. The molecule has 1 aliphatic heterocycles. The molecule has 1 saturated heterocycles. The van der Waals surface area contributed by atoms with E-state index in [2.05, 4.69) is 34.7 Å². The second kappa shape index (κ2) is 15.7. The van der Waals surface area contributed by atoms with Gasteiger partial charge in [0.1, 0.15) is 0 Å². The molecule has 0 aromatic carbocycles. The first-order chi connectivity index (χ1) is 10.2. The summed E-state index contributed by atoms with van der Waals surface area (Å²) in [7, 11) is 0. The van der Waals surface area contributed by atoms with Crippen molar-refractivity contribution in [3.05, 3.63) is 29.6 Å². The molecule has 0 spiro atoms. The number of aryl methyl sites for hydroxylation is 1. The van der Waals surface area contributed by atoms with Crippen molar-refractivity contribution in [2.24, 2.45) is 5.92 Å². The van der Waals surface area contributed by atoms with Crippen LogP contribution >= 0.6 is 0 Å². The summed E-state index contributed by atoms with van der Waals surface area (Å²) < 4.78 is 0. The van der Waals surface area contributed by atoms with Crippen LogP contribution < -0.4 is 0 Å². The van der Waals surface area contributed by atoms with Crippen LogP contribution in [0.5, 0.6) is 0 Å². The summed E-state index contributed by atoms with van der Waals surface area (Å²) in [4.78, 5) is 6.68. The van der Waals surface area contributed by atoms with Crippen LogP contribution in [0.4, 0.5) is 0 Å². The normalized spacial score (nSPS) is 16.5. The van der Waals surface area contributed by atoms with Crippen LogP contribution in [-0.4, -0.2) is 29.5 Å². The third kappa shape index (κ3) is 10.5. The van der Waals surface area contributed by atoms with Gasteiger partial charge in [0.2, 0.25) is 0 Å². The summed E-state index contributed by atoms with van der Waals surface area (Å²) in [5, 5.41) is 0. The summed E-state index contributed by atoms with van der Waals surface area (Å²) in [6.45, 7) is 15.5. The fourth-order valence-electron chi connectivity index (χ4n) is 2.16. The Morgan fingerprint density at radius 3 is 2.55 bits per heavy atom. The monoisotopic (exact) mass is 376 g/mol. The number of likely N-dealkylation sites (tertiary alicyclic amines) is 1. The molecule has 1 fully saturated rings. The molecule has 2 heterocycles. The molecule has 121 valence electrons. The van der Waals surface area contributed by atoms with Crippen molar-refractivity contribution < 1.29 is 32.7 Å². The van der Waals surface area contributed by atoms with E-state index in [1.165, 1.54) is 25.9 Å². The predicted octanol–water partition coefficient (Wildman–Crippen LogP) is 4.32. The topological polar surface area (TPSA) is 16.1 Å². The smallest absolute Gasteiger partial charge is 0.0594 e. The molecular formula is C19H31N2Y-. The third-order valence-corrected chi connectivity index (χ3v) is 3.09. The van der Waals surface area contributed by atoms with E-state index in [9.17, 15) is 0 Å². The molecular weight excluding hydrogens is 345 g/mol. The molecule has 1 aliphatic rings. The molecule has 2 rings (SSSR count). The molecule has 1 atom stereocenters. The molecule has 1 radical (unpaired) electrons. The summed E-state index contributed by atoms with van der Waals surface area (Å²) in [6, 6.07) is 4.98. The van der Waals surface area contributed by atoms with Crippen LogP contribution in [0.15, 0.2) is 12.3 Å². The molecule has 0 bridgehead atoms. The van der Waals surface area contributed by atoms with Crippen molar-refractivity contribution in [2.45, 2.75) is 54.4 Å². The van der Waals surface area contributed by atoms with Crippen LogP contribution in [0, 0.1) is 30.7 Å². The van der Waals surface area contributed by atoms with E-state index in [4.69, 9.17) is 0 Å². The number of rotatable bonds is 1. The maximum atomic E-state index is 4.25. The first-order valence-electron chi connectivity index (χ1n) is 8.29. The Morgan fingerprint density at radius 2 is 2.00 bits per heavy atom. The van der Waals surface area contributed by atoms with Crippen LogP contribution in [0.1, 0.15) is 58.7 Å². The van der Waals surface area contributed by atoms with Gasteiger partial charge in [-0.2, -0.15) is 6.07 Å². The molecule has 0 unspecified atom stereocenters. The second-order valence-electron chi connectivity index (χ2n) is 4.90. The van der Waals surface area contributed by atoms with Gasteiger partial charge >= 0.3 is 0 Å². The molecule has 3 heteroatoms.